The standard InChI is InChI=1S/C18H16O3/c1-12(19)18-15(13-6-3-2-4-7-13)10-14(11-16(18)20)17-8-5-9-21-17/h2-9,11,15,20H,10H2,1H3/t15-/m1/s1. The molecule has 1 aliphatic carbocycles. The van der Waals surface area contributed by atoms with Crippen LogP contribution in [0.4, 0.5) is 0 Å². The van der Waals surface area contributed by atoms with Gasteiger partial charge in [0.05, 0.1) is 6.26 Å². The van der Waals surface area contributed by atoms with Crippen LogP contribution < -0.4 is 0 Å². The topological polar surface area (TPSA) is 50.4 Å². The number of Topliss-reactive ketones (excluding diaryl/α,β-unsaturated/α-hetero) is 1. The molecule has 3 rings (SSSR count). The molecule has 21 heavy (non-hydrogen) atoms. The van der Waals surface area contributed by atoms with E-state index in [-0.39, 0.29) is 17.5 Å². The molecule has 0 saturated heterocycles. The number of benzene rings is 1. The van der Waals surface area contributed by atoms with Crippen molar-refractivity contribution < 1.29 is 14.3 Å². The lowest BCUT2D eigenvalue weighted by Gasteiger charge is -2.25. The van der Waals surface area contributed by atoms with Crippen molar-refractivity contribution in [3.63, 3.8) is 0 Å². The van der Waals surface area contributed by atoms with Gasteiger partial charge in [-0.3, -0.25) is 4.79 Å². The summed E-state index contributed by atoms with van der Waals surface area (Å²) in [5, 5.41) is 10.3. The van der Waals surface area contributed by atoms with E-state index in [9.17, 15) is 9.90 Å². The van der Waals surface area contributed by atoms with Gasteiger partial charge in [-0.15, -0.1) is 0 Å². The molecular formula is C18H16O3. The van der Waals surface area contributed by atoms with Crippen molar-refractivity contribution >= 4 is 11.4 Å². The second-order valence-corrected chi connectivity index (χ2v) is 5.17. The number of carbonyl (C=O) groups excluding carboxylic acids is 1. The van der Waals surface area contributed by atoms with Gasteiger partial charge in [-0.2, -0.15) is 0 Å². The van der Waals surface area contributed by atoms with Gasteiger partial charge in [0.15, 0.2) is 5.78 Å². The third-order valence-corrected chi connectivity index (χ3v) is 3.78. The molecule has 0 saturated carbocycles. The average molecular weight is 280 g/mol. The zero-order valence-corrected chi connectivity index (χ0v) is 11.7. The first-order valence-electron chi connectivity index (χ1n) is 6.90. The predicted molar refractivity (Wildman–Crippen MR) is 80.8 cm³/mol. The first-order chi connectivity index (χ1) is 10.2. The van der Waals surface area contributed by atoms with Crippen molar-refractivity contribution in [2.24, 2.45) is 0 Å². The van der Waals surface area contributed by atoms with E-state index in [1.807, 2.05) is 42.5 Å². The van der Waals surface area contributed by atoms with Gasteiger partial charge in [-0.05, 0) is 42.7 Å². The minimum absolute atomic E-state index is 0.0361. The Morgan fingerprint density at radius 3 is 2.57 bits per heavy atom. The maximum absolute atomic E-state index is 11.9. The minimum atomic E-state index is -0.145. The number of rotatable bonds is 3. The average Bonchev–Trinajstić information content (AvgIpc) is 3.01. The van der Waals surface area contributed by atoms with Crippen molar-refractivity contribution in [3.8, 4) is 0 Å². The fraction of sp³-hybridized carbons (Fsp3) is 0.167. The Morgan fingerprint density at radius 1 is 1.19 bits per heavy atom. The zero-order chi connectivity index (χ0) is 14.8. The van der Waals surface area contributed by atoms with Gasteiger partial charge in [0.2, 0.25) is 0 Å². The summed E-state index contributed by atoms with van der Waals surface area (Å²) in [4.78, 5) is 11.9. The molecule has 0 unspecified atom stereocenters. The highest BCUT2D eigenvalue weighted by Gasteiger charge is 2.29. The Labute approximate surface area is 123 Å². The summed E-state index contributed by atoms with van der Waals surface area (Å²) in [6.45, 7) is 1.49. The number of aliphatic hydroxyl groups excluding tert-OH is 1. The predicted octanol–water partition coefficient (Wildman–Crippen LogP) is 4.25. The number of ketones is 1. The molecule has 1 aromatic heterocycles. The van der Waals surface area contributed by atoms with Gasteiger partial charge in [0.1, 0.15) is 11.5 Å². The summed E-state index contributed by atoms with van der Waals surface area (Å²) in [5.41, 5.74) is 2.39. The van der Waals surface area contributed by atoms with Crippen molar-refractivity contribution in [3.05, 3.63) is 77.5 Å². The number of furan rings is 1. The number of aliphatic hydroxyl groups is 1. The van der Waals surface area contributed by atoms with E-state index in [1.165, 1.54) is 6.92 Å². The molecule has 2 aromatic rings. The molecule has 1 aliphatic rings. The van der Waals surface area contributed by atoms with Crippen molar-refractivity contribution in [2.45, 2.75) is 19.3 Å². The molecule has 1 aromatic carbocycles. The molecule has 0 spiro atoms. The molecule has 3 nitrogen and oxygen atoms in total. The summed E-state index contributed by atoms with van der Waals surface area (Å²) >= 11 is 0. The highest BCUT2D eigenvalue weighted by molar-refractivity contribution is 5.97. The summed E-state index contributed by atoms with van der Waals surface area (Å²) in [6.07, 6.45) is 3.88. The second kappa shape index (κ2) is 5.44. The van der Waals surface area contributed by atoms with Gasteiger partial charge >= 0.3 is 0 Å². The van der Waals surface area contributed by atoms with Crippen LogP contribution in [0, 0.1) is 0 Å². The smallest absolute Gasteiger partial charge is 0.160 e. The summed E-state index contributed by atoms with van der Waals surface area (Å²) in [5.74, 6) is 0.518. The fourth-order valence-electron chi connectivity index (χ4n) is 2.83. The fourth-order valence-corrected chi connectivity index (χ4v) is 2.83. The molecule has 0 amide bonds. The van der Waals surface area contributed by atoms with Crippen LogP contribution in [0.1, 0.15) is 30.6 Å². The quantitative estimate of drug-likeness (QED) is 0.914. The third-order valence-electron chi connectivity index (χ3n) is 3.78. The van der Waals surface area contributed by atoms with Crippen molar-refractivity contribution in [2.75, 3.05) is 0 Å². The highest BCUT2D eigenvalue weighted by atomic mass is 16.3. The maximum Gasteiger partial charge on any atom is 0.160 e. The number of hydrogen-bond acceptors (Lipinski definition) is 3. The maximum atomic E-state index is 11.9. The molecule has 3 heteroatoms. The van der Waals surface area contributed by atoms with Crippen LogP contribution in [0.2, 0.25) is 0 Å². The highest BCUT2D eigenvalue weighted by Crippen LogP contribution is 2.40. The normalized spacial score (nSPS) is 18.5. The second-order valence-electron chi connectivity index (χ2n) is 5.17. The van der Waals surface area contributed by atoms with Crippen LogP contribution in [-0.2, 0) is 4.79 Å². The number of allylic oxidation sites excluding steroid dienone is 3. The van der Waals surface area contributed by atoms with Crippen molar-refractivity contribution in [1.82, 2.24) is 0 Å². The monoisotopic (exact) mass is 280 g/mol. The van der Waals surface area contributed by atoms with Crippen LogP contribution >= 0.6 is 0 Å². The summed E-state index contributed by atoms with van der Waals surface area (Å²) in [6, 6.07) is 13.4. The molecule has 1 heterocycles. The van der Waals surface area contributed by atoms with E-state index >= 15 is 0 Å². The van der Waals surface area contributed by atoms with E-state index < -0.39 is 0 Å². The van der Waals surface area contributed by atoms with Crippen LogP contribution in [0.25, 0.3) is 5.57 Å². The Balaban J connectivity index is 2.08. The van der Waals surface area contributed by atoms with E-state index in [0.717, 1.165) is 16.9 Å². The van der Waals surface area contributed by atoms with Gasteiger partial charge in [0, 0.05) is 11.5 Å². The molecule has 0 aliphatic heterocycles. The molecule has 0 bridgehead atoms. The SMILES string of the molecule is CC(=O)C1=C(O)C=C(c2ccco2)C[C@@H]1c1ccccc1. The van der Waals surface area contributed by atoms with E-state index in [1.54, 1.807) is 12.3 Å². The van der Waals surface area contributed by atoms with E-state index in [0.29, 0.717) is 12.0 Å². The van der Waals surface area contributed by atoms with Gasteiger partial charge in [0.25, 0.3) is 0 Å². The molecule has 1 N–H and O–H groups in total. The van der Waals surface area contributed by atoms with Crippen LogP contribution in [-0.4, -0.2) is 10.9 Å². The number of hydrogen-bond donors (Lipinski definition) is 1. The van der Waals surface area contributed by atoms with Crippen LogP contribution in [0.3, 0.4) is 0 Å². The van der Waals surface area contributed by atoms with E-state index in [2.05, 4.69) is 0 Å². The molecule has 0 radical (unpaired) electrons. The Hall–Kier alpha value is -2.55. The third kappa shape index (κ3) is 2.55. The molecular weight excluding hydrogens is 264 g/mol. The molecule has 0 fully saturated rings. The molecule has 1 atom stereocenters. The van der Waals surface area contributed by atoms with Gasteiger partial charge < -0.3 is 9.52 Å². The largest absolute Gasteiger partial charge is 0.508 e. The lowest BCUT2D eigenvalue weighted by Crippen LogP contribution is -2.16. The minimum Gasteiger partial charge on any atom is -0.508 e. The van der Waals surface area contributed by atoms with Crippen molar-refractivity contribution in [1.29, 1.82) is 0 Å². The number of carbonyl (C=O) groups is 1. The van der Waals surface area contributed by atoms with E-state index in [4.69, 9.17) is 4.42 Å². The lowest BCUT2D eigenvalue weighted by atomic mass is 9.79. The first-order valence-corrected chi connectivity index (χ1v) is 6.90. The Morgan fingerprint density at radius 2 is 1.95 bits per heavy atom. The Bertz CT molecular complexity index is 706. The van der Waals surface area contributed by atoms with Crippen LogP contribution in [0.5, 0.6) is 0 Å². The lowest BCUT2D eigenvalue weighted by molar-refractivity contribution is -0.114. The van der Waals surface area contributed by atoms with Crippen LogP contribution in [0.15, 0.2) is 70.6 Å². The summed E-state index contributed by atoms with van der Waals surface area (Å²) < 4.78 is 5.41. The summed E-state index contributed by atoms with van der Waals surface area (Å²) in [7, 11) is 0. The first kappa shape index (κ1) is 13.4. The van der Waals surface area contributed by atoms with Gasteiger partial charge in [-0.1, -0.05) is 30.3 Å². The zero-order valence-electron chi connectivity index (χ0n) is 11.7. The Kier molecular flexibility index (Phi) is 3.48. The van der Waals surface area contributed by atoms with Gasteiger partial charge in [-0.25, -0.2) is 0 Å². The molecule has 106 valence electrons.